The molecule has 1 heterocycles. The summed E-state index contributed by atoms with van der Waals surface area (Å²) < 4.78 is 0. The van der Waals surface area contributed by atoms with Gasteiger partial charge >= 0.3 is 0 Å². The van der Waals surface area contributed by atoms with Crippen molar-refractivity contribution in [2.24, 2.45) is 0 Å². The van der Waals surface area contributed by atoms with Gasteiger partial charge in [0.1, 0.15) is 0 Å². The van der Waals surface area contributed by atoms with Gasteiger partial charge in [-0.25, -0.2) is 0 Å². The van der Waals surface area contributed by atoms with Crippen molar-refractivity contribution in [2.45, 2.75) is 71.3 Å². The number of hydrogen-bond donors (Lipinski definition) is 0. The summed E-state index contributed by atoms with van der Waals surface area (Å²) in [6, 6.07) is 0.911. The average molecular weight is 197 g/mol. The first kappa shape index (κ1) is 12.0. The fraction of sp³-hybridized carbons (Fsp3) is 1.00. The molecule has 0 amide bonds. The normalized spacial score (nSPS) is 20.1. The van der Waals surface area contributed by atoms with Gasteiger partial charge in [0.05, 0.1) is 0 Å². The molecular formula is C13H27N. The molecule has 84 valence electrons. The third-order valence-corrected chi connectivity index (χ3v) is 3.42. The van der Waals surface area contributed by atoms with Crippen LogP contribution < -0.4 is 0 Å². The van der Waals surface area contributed by atoms with Crippen LogP contribution in [0, 0.1) is 0 Å². The summed E-state index contributed by atoms with van der Waals surface area (Å²) in [5, 5.41) is 0. The van der Waals surface area contributed by atoms with E-state index in [0.717, 1.165) is 6.04 Å². The van der Waals surface area contributed by atoms with Gasteiger partial charge in [-0.05, 0) is 38.8 Å². The summed E-state index contributed by atoms with van der Waals surface area (Å²) >= 11 is 0. The van der Waals surface area contributed by atoms with Gasteiger partial charge < -0.3 is 4.90 Å². The Morgan fingerprint density at radius 3 is 2.21 bits per heavy atom. The van der Waals surface area contributed by atoms with E-state index in [9.17, 15) is 0 Å². The summed E-state index contributed by atoms with van der Waals surface area (Å²) in [5.41, 5.74) is 0. The summed E-state index contributed by atoms with van der Waals surface area (Å²) in [5.74, 6) is 0. The van der Waals surface area contributed by atoms with Gasteiger partial charge in [-0.15, -0.1) is 0 Å². The van der Waals surface area contributed by atoms with E-state index < -0.39 is 0 Å². The molecule has 1 fully saturated rings. The molecule has 1 atom stereocenters. The van der Waals surface area contributed by atoms with E-state index >= 15 is 0 Å². The second kappa shape index (κ2) is 7.28. The van der Waals surface area contributed by atoms with Gasteiger partial charge in [-0.3, -0.25) is 0 Å². The average Bonchev–Trinajstić information content (AvgIpc) is 2.70. The summed E-state index contributed by atoms with van der Waals surface area (Å²) in [7, 11) is 0. The number of rotatable bonds is 7. The van der Waals surface area contributed by atoms with Crippen LogP contribution in [0.5, 0.6) is 0 Å². The molecule has 1 unspecified atom stereocenters. The molecular weight excluding hydrogens is 170 g/mol. The first-order valence-corrected chi connectivity index (χ1v) is 6.62. The molecule has 0 aliphatic carbocycles. The molecule has 0 aromatic heterocycles. The van der Waals surface area contributed by atoms with Crippen molar-refractivity contribution in [3.63, 3.8) is 0 Å². The molecule has 0 radical (unpaired) electrons. The zero-order chi connectivity index (χ0) is 10.2. The molecule has 1 rings (SSSR count). The number of hydrogen-bond acceptors (Lipinski definition) is 1. The maximum Gasteiger partial charge on any atom is 0.00951 e. The van der Waals surface area contributed by atoms with Gasteiger partial charge in [0.2, 0.25) is 0 Å². The minimum absolute atomic E-state index is 0.911. The van der Waals surface area contributed by atoms with Crippen molar-refractivity contribution in [1.29, 1.82) is 0 Å². The minimum Gasteiger partial charge on any atom is -0.300 e. The standard InChI is InChI=1S/C13H27N/c1-3-5-6-10-13(9-4-2)14-11-7-8-12-14/h13H,3-12H2,1-2H3. The number of likely N-dealkylation sites (tertiary alicyclic amines) is 1. The van der Waals surface area contributed by atoms with Crippen LogP contribution in [0.1, 0.15) is 65.2 Å². The van der Waals surface area contributed by atoms with Gasteiger partial charge in [-0.2, -0.15) is 0 Å². The zero-order valence-electron chi connectivity index (χ0n) is 10.1. The zero-order valence-corrected chi connectivity index (χ0v) is 10.1. The Bertz CT molecular complexity index is 127. The van der Waals surface area contributed by atoms with E-state index in [1.165, 1.54) is 64.5 Å². The summed E-state index contributed by atoms with van der Waals surface area (Å²) in [6.07, 6.45) is 11.3. The SMILES string of the molecule is CCCCCC(CCC)N1CCCC1. The number of unbranched alkanes of at least 4 members (excludes halogenated alkanes) is 2. The summed E-state index contributed by atoms with van der Waals surface area (Å²) in [6.45, 7) is 7.36. The number of nitrogens with zero attached hydrogens (tertiary/aromatic N) is 1. The molecule has 1 heteroatoms. The molecule has 0 aromatic rings. The molecule has 0 bridgehead atoms. The molecule has 14 heavy (non-hydrogen) atoms. The molecule has 1 aliphatic rings. The molecule has 0 N–H and O–H groups in total. The lowest BCUT2D eigenvalue weighted by atomic mass is 10.0. The van der Waals surface area contributed by atoms with E-state index in [4.69, 9.17) is 0 Å². The predicted molar refractivity (Wildman–Crippen MR) is 63.6 cm³/mol. The van der Waals surface area contributed by atoms with E-state index in [2.05, 4.69) is 18.7 Å². The van der Waals surface area contributed by atoms with Gasteiger partial charge in [-0.1, -0.05) is 39.5 Å². The molecule has 0 saturated carbocycles. The highest BCUT2D eigenvalue weighted by molar-refractivity contribution is 4.75. The van der Waals surface area contributed by atoms with Crippen LogP contribution in [0.4, 0.5) is 0 Å². The van der Waals surface area contributed by atoms with Gasteiger partial charge in [0.15, 0.2) is 0 Å². The lowest BCUT2D eigenvalue weighted by Crippen LogP contribution is -2.32. The highest BCUT2D eigenvalue weighted by Gasteiger charge is 2.20. The van der Waals surface area contributed by atoms with E-state index in [-0.39, 0.29) is 0 Å². The Hall–Kier alpha value is -0.0400. The maximum atomic E-state index is 2.74. The monoisotopic (exact) mass is 197 g/mol. The Balaban J connectivity index is 2.22. The van der Waals surface area contributed by atoms with E-state index in [1.54, 1.807) is 0 Å². The lowest BCUT2D eigenvalue weighted by molar-refractivity contribution is 0.213. The Kier molecular flexibility index (Phi) is 6.25. The molecule has 1 nitrogen and oxygen atoms in total. The highest BCUT2D eigenvalue weighted by atomic mass is 15.2. The first-order chi connectivity index (χ1) is 6.88. The van der Waals surface area contributed by atoms with Crippen molar-refractivity contribution in [3.05, 3.63) is 0 Å². The van der Waals surface area contributed by atoms with E-state index in [1.807, 2.05) is 0 Å². The van der Waals surface area contributed by atoms with Crippen LogP contribution in [-0.4, -0.2) is 24.0 Å². The third-order valence-electron chi connectivity index (χ3n) is 3.42. The Labute approximate surface area is 89.9 Å². The van der Waals surface area contributed by atoms with Crippen LogP contribution >= 0.6 is 0 Å². The van der Waals surface area contributed by atoms with E-state index in [0.29, 0.717) is 0 Å². The smallest absolute Gasteiger partial charge is 0.00951 e. The van der Waals surface area contributed by atoms with Crippen molar-refractivity contribution in [1.82, 2.24) is 4.90 Å². The van der Waals surface area contributed by atoms with Crippen LogP contribution in [0.15, 0.2) is 0 Å². The van der Waals surface area contributed by atoms with Gasteiger partial charge in [0.25, 0.3) is 0 Å². The van der Waals surface area contributed by atoms with Crippen LogP contribution in [0.3, 0.4) is 0 Å². The first-order valence-electron chi connectivity index (χ1n) is 6.62. The van der Waals surface area contributed by atoms with Crippen molar-refractivity contribution in [2.75, 3.05) is 13.1 Å². The summed E-state index contributed by atoms with van der Waals surface area (Å²) in [4.78, 5) is 2.74. The second-order valence-corrected chi connectivity index (χ2v) is 4.68. The Morgan fingerprint density at radius 1 is 0.929 bits per heavy atom. The fourth-order valence-electron chi connectivity index (χ4n) is 2.58. The van der Waals surface area contributed by atoms with Crippen molar-refractivity contribution >= 4 is 0 Å². The predicted octanol–water partition coefficient (Wildman–Crippen LogP) is 3.83. The molecule has 1 saturated heterocycles. The van der Waals surface area contributed by atoms with Gasteiger partial charge in [0, 0.05) is 6.04 Å². The lowest BCUT2D eigenvalue weighted by Gasteiger charge is -2.27. The third kappa shape index (κ3) is 4.00. The Morgan fingerprint density at radius 2 is 1.64 bits per heavy atom. The quantitative estimate of drug-likeness (QED) is 0.561. The minimum atomic E-state index is 0.911. The van der Waals surface area contributed by atoms with Crippen molar-refractivity contribution < 1.29 is 0 Å². The fourth-order valence-corrected chi connectivity index (χ4v) is 2.58. The maximum absolute atomic E-state index is 2.74. The topological polar surface area (TPSA) is 3.24 Å². The van der Waals surface area contributed by atoms with Crippen LogP contribution in [-0.2, 0) is 0 Å². The largest absolute Gasteiger partial charge is 0.300 e. The second-order valence-electron chi connectivity index (χ2n) is 4.68. The molecule has 1 aliphatic heterocycles. The highest BCUT2D eigenvalue weighted by Crippen LogP contribution is 2.20. The van der Waals surface area contributed by atoms with Crippen LogP contribution in [0.2, 0.25) is 0 Å². The molecule has 0 spiro atoms. The molecule has 0 aromatic carbocycles. The van der Waals surface area contributed by atoms with Crippen molar-refractivity contribution in [3.8, 4) is 0 Å². The van der Waals surface area contributed by atoms with Crippen LogP contribution in [0.25, 0.3) is 0 Å².